The molecule has 0 saturated carbocycles. The number of halogens is 3. The van der Waals surface area contributed by atoms with Crippen molar-refractivity contribution in [2.45, 2.75) is 26.1 Å². The van der Waals surface area contributed by atoms with Crippen molar-refractivity contribution in [2.24, 2.45) is 0 Å². The predicted molar refractivity (Wildman–Crippen MR) is 69.0 cm³/mol. The molecule has 0 radical (unpaired) electrons. The smallest absolute Gasteiger partial charge is 0.422 e. The van der Waals surface area contributed by atoms with E-state index in [1.54, 1.807) is 12.1 Å². The van der Waals surface area contributed by atoms with E-state index in [1.807, 2.05) is 6.92 Å². The zero-order chi connectivity index (χ0) is 15.3. The fourth-order valence-electron chi connectivity index (χ4n) is 1.54. The van der Waals surface area contributed by atoms with Crippen LogP contribution in [0, 0.1) is 0 Å². The first-order chi connectivity index (χ1) is 9.96. The fraction of sp³-hybridized carbons (Fsp3) is 0.385. The third-order valence-electron chi connectivity index (χ3n) is 2.51. The molecule has 114 valence electrons. The van der Waals surface area contributed by atoms with Crippen molar-refractivity contribution in [1.29, 1.82) is 0 Å². The van der Waals surface area contributed by atoms with Gasteiger partial charge in [0.05, 0.1) is 6.54 Å². The molecule has 1 N–H and O–H groups in total. The number of nitrogens with zero attached hydrogens (tertiary/aromatic N) is 2. The van der Waals surface area contributed by atoms with Gasteiger partial charge in [0.2, 0.25) is 5.89 Å². The van der Waals surface area contributed by atoms with Crippen LogP contribution in [-0.4, -0.2) is 22.9 Å². The summed E-state index contributed by atoms with van der Waals surface area (Å²) in [6.45, 7) is 0.874. The molecule has 5 nitrogen and oxygen atoms in total. The number of benzene rings is 1. The molecular weight excluding hydrogens is 287 g/mol. The zero-order valence-electron chi connectivity index (χ0n) is 11.3. The number of anilines is 1. The molecule has 2 rings (SSSR count). The molecule has 1 aromatic heterocycles. The second-order valence-electron chi connectivity index (χ2n) is 4.24. The SMILES string of the molecule is CCc1noc(CNc2cccc(OCC(F)(F)F)c2)n1. The number of nitrogens with one attached hydrogen (secondary N) is 1. The van der Waals surface area contributed by atoms with E-state index in [0.717, 1.165) is 0 Å². The van der Waals surface area contributed by atoms with Gasteiger partial charge in [-0.05, 0) is 12.1 Å². The van der Waals surface area contributed by atoms with Crippen LogP contribution < -0.4 is 10.1 Å². The molecule has 0 aliphatic heterocycles. The quantitative estimate of drug-likeness (QED) is 0.888. The van der Waals surface area contributed by atoms with Gasteiger partial charge in [-0.1, -0.05) is 18.1 Å². The van der Waals surface area contributed by atoms with E-state index in [-0.39, 0.29) is 12.3 Å². The summed E-state index contributed by atoms with van der Waals surface area (Å²) in [5, 5.41) is 6.72. The number of aromatic nitrogens is 2. The number of hydrogen-bond acceptors (Lipinski definition) is 5. The minimum Gasteiger partial charge on any atom is -0.484 e. The van der Waals surface area contributed by atoms with Gasteiger partial charge in [0.25, 0.3) is 0 Å². The van der Waals surface area contributed by atoms with E-state index in [1.165, 1.54) is 12.1 Å². The monoisotopic (exact) mass is 301 g/mol. The second kappa shape index (κ2) is 6.47. The highest BCUT2D eigenvalue weighted by molar-refractivity contribution is 5.48. The highest BCUT2D eigenvalue weighted by Gasteiger charge is 2.28. The Kier molecular flexibility index (Phi) is 4.66. The molecule has 1 heterocycles. The summed E-state index contributed by atoms with van der Waals surface area (Å²) in [7, 11) is 0. The minimum absolute atomic E-state index is 0.136. The molecular formula is C13H14F3N3O2. The second-order valence-corrected chi connectivity index (χ2v) is 4.24. The normalized spacial score (nSPS) is 11.4. The van der Waals surface area contributed by atoms with Crippen LogP contribution in [0.2, 0.25) is 0 Å². The summed E-state index contributed by atoms with van der Waals surface area (Å²) in [6.07, 6.45) is -3.69. The summed E-state index contributed by atoms with van der Waals surface area (Å²) in [5.74, 6) is 1.15. The van der Waals surface area contributed by atoms with E-state index >= 15 is 0 Å². The van der Waals surface area contributed by atoms with Gasteiger partial charge in [-0.15, -0.1) is 0 Å². The maximum absolute atomic E-state index is 12.1. The Morgan fingerprint density at radius 1 is 1.33 bits per heavy atom. The lowest BCUT2D eigenvalue weighted by molar-refractivity contribution is -0.153. The highest BCUT2D eigenvalue weighted by atomic mass is 19.4. The number of ether oxygens (including phenoxy) is 1. The molecule has 1 aromatic carbocycles. The zero-order valence-corrected chi connectivity index (χ0v) is 11.3. The Morgan fingerprint density at radius 2 is 2.14 bits per heavy atom. The minimum atomic E-state index is -4.36. The summed E-state index contributed by atoms with van der Waals surface area (Å²) in [4.78, 5) is 4.11. The maximum atomic E-state index is 12.1. The number of rotatable bonds is 6. The van der Waals surface area contributed by atoms with Crippen LogP contribution in [-0.2, 0) is 13.0 Å². The van der Waals surface area contributed by atoms with Gasteiger partial charge in [0.15, 0.2) is 12.4 Å². The average Bonchev–Trinajstić information content (AvgIpc) is 2.91. The lowest BCUT2D eigenvalue weighted by atomic mass is 10.3. The number of aryl methyl sites for hydroxylation is 1. The highest BCUT2D eigenvalue weighted by Crippen LogP contribution is 2.21. The van der Waals surface area contributed by atoms with E-state index in [9.17, 15) is 13.2 Å². The lowest BCUT2D eigenvalue weighted by Crippen LogP contribution is -2.19. The summed E-state index contributed by atoms with van der Waals surface area (Å²) in [6, 6.07) is 6.23. The van der Waals surface area contributed by atoms with E-state index in [0.29, 0.717) is 23.8 Å². The van der Waals surface area contributed by atoms with E-state index in [2.05, 4.69) is 20.2 Å². The predicted octanol–water partition coefficient (Wildman–Crippen LogP) is 3.19. The van der Waals surface area contributed by atoms with Crippen LogP contribution in [0.4, 0.5) is 18.9 Å². The van der Waals surface area contributed by atoms with Crippen molar-refractivity contribution in [3.05, 3.63) is 36.0 Å². The molecule has 0 amide bonds. The largest absolute Gasteiger partial charge is 0.484 e. The summed E-state index contributed by atoms with van der Waals surface area (Å²) >= 11 is 0. The van der Waals surface area contributed by atoms with E-state index < -0.39 is 12.8 Å². The number of alkyl halides is 3. The Morgan fingerprint density at radius 3 is 2.81 bits per heavy atom. The van der Waals surface area contributed by atoms with Crippen LogP contribution in [0.15, 0.2) is 28.8 Å². The molecule has 0 bridgehead atoms. The molecule has 0 aliphatic rings. The molecule has 0 saturated heterocycles. The van der Waals surface area contributed by atoms with Crippen LogP contribution in [0.5, 0.6) is 5.75 Å². The molecule has 2 aromatic rings. The fourth-order valence-corrected chi connectivity index (χ4v) is 1.54. The third kappa shape index (κ3) is 4.97. The third-order valence-corrected chi connectivity index (χ3v) is 2.51. The first kappa shape index (κ1) is 15.1. The van der Waals surface area contributed by atoms with Gasteiger partial charge in [-0.2, -0.15) is 18.2 Å². The van der Waals surface area contributed by atoms with E-state index in [4.69, 9.17) is 4.52 Å². The molecule has 0 atom stereocenters. The maximum Gasteiger partial charge on any atom is 0.422 e. The van der Waals surface area contributed by atoms with Crippen molar-refractivity contribution in [1.82, 2.24) is 10.1 Å². The number of hydrogen-bond donors (Lipinski definition) is 1. The van der Waals surface area contributed by atoms with Crippen LogP contribution in [0.1, 0.15) is 18.6 Å². The van der Waals surface area contributed by atoms with Gasteiger partial charge in [-0.25, -0.2) is 0 Å². The van der Waals surface area contributed by atoms with Crippen LogP contribution in [0.25, 0.3) is 0 Å². The molecule has 0 fully saturated rings. The van der Waals surface area contributed by atoms with Crippen molar-refractivity contribution in [2.75, 3.05) is 11.9 Å². The van der Waals surface area contributed by atoms with Gasteiger partial charge in [0, 0.05) is 18.2 Å². The molecule has 8 heteroatoms. The average molecular weight is 301 g/mol. The van der Waals surface area contributed by atoms with Gasteiger partial charge in [-0.3, -0.25) is 0 Å². The molecule has 0 aliphatic carbocycles. The van der Waals surface area contributed by atoms with Crippen molar-refractivity contribution in [3.63, 3.8) is 0 Å². The first-order valence-corrected chi connectivity index (χ1v) is 6.31. The Balaban J connectivity index is 1.91. The Bertz CT molecular complexity index is 584. The first-order valence-electron chi connectivity index (χ1n) is 6.31. The topological polar surface area (TPSA) is 60.2 Å². The molecule has 21 heavy (non-hydrogen) atoms. The van der Waals surface area contributed by atoms with Crippen molar-refractivity contribution in [3.8, 4) is 5.75 Å². The van der Waals surface area contributed by atoms with Crippen LogP contribution >= 0.6 is 0 Å². The van der Waals surface area contributed by atoms with Crippen LogP contribution in [0.3, 0.4) is 0 Å². The van der Waals surface area contributed by atoms with Crippen molar-refractivity contribution < 1.29 is 22.4 Å². The van der Waals surface area contributed by atoms with Gasteiger partial charge in [0.1, 0.15) is 5.75 Å². The Hall–Kier alpha value is -2.25. The summed E-state index contributed by atoms with van der Waals surface area (Å²) in [5.41, 5.74) is 0.603. The van der Waals surface area contributed by atoms with Crippen molar-refractivity contribution >= 4 is 5.69 Å². The molecule has 0 unspecified atom stereocenters. The Labute approximate surface area is 119 Å². The summed E-state index contributed by atoms with van der Waals surface area (Å²) < 4.78 is 45.9. The van der Waals surface area contributed by atoms with Gasteiger partial charge < -0.3 is 14.6 Å². The lowest BCUT2D eigenvalue weighted by Gasteiger charge is -2.10. The molecule has 0 spiro atoms. The standard InChI is InChI=1S/C13H14F3N3O2/c1-2-11-18-12(21-19-11)7-17-9-4-3-5-10(6-9)20-8-13(14,15)16/h3-6,17H,2,7-8H2,1H3. The van der Waals surface area contributed by atoms with Gasteiger partial charge >= 0.3 is 6.18 Å².